The highest BCUT2D eigenvalue weighted by Gasteiger charge is 2.21. The summed E-state index contributed by atoms with van der Waals surface area (Å²) in [6.07, 6.45) is 1.10. The minimum Gasteiger partial charge on any atom is -0.383 e. The van der Waals surface area contributed by atoms with E-state index in [1.165, 1.54) is 10.7 Å². The molecule has 0 aliphatic carbocycles. The Morgan fingerprint density at radius 1 is 1.37 bits per heavy atom. The summed E-state index contributed by atoms with van der Waals surface area (Å²) in [6.45, 7) is 0. The van der Waals surface area contributed by atoms with Crippen LogP contribution in [0.4, 0.5) is 10.2 Å². The number of anilines is 1. The molecule has 2 N–H and O–H groups in total. The van der Waals surface area contributed by atoms with Gasteiger partial charge in [-0.15, -0.1) is 0 Å². The third-order valence-electron chi connectivity index (χ3n) is 2.71. The minimum absolute atomic E-state index is 0.240. The quantitative estimate of drug-likeness (QED) is 0.922. The van der Waals surface area contributed by atoms with Crippen LogP contribution in [0, 0.1) is 5.82 Å². The maximum absolute atomic E-state index is 13.8. The molecule has 0 fully saturated rings. The lowest BCUT2D eigenvalue weighted by molar-refractivity contribution is 0.599. The lowest BCUT2D eigenvalue weighted by atomic mass is 10.1. The Morgan fingerprint density at radius 3 is 2.58 bits per heavy atom. The summed E-state index contributed by atoms with van der Waals surface area (Å²) < 4.78 is 38.0. The van der Waals surface area contributed by atoms with Gasteiger partial charge in [-0.3, -0.25) is 4.68 Å². The van der Waals surface area contributed by atoms with E-state index >= 15 is 0 Å². The van der Waals surface area contributed by atoms with Gasteiger partial charge in [0.25, 0.3) is 0 Å². The standard InChI is InChI=1S/C12H14FN3O2S/c1-16-12(14)11(8-5-3-4-6-9(8)13)10(15-16)7-19(2,17)18/h3-6H,7,14H2,1-2H3. The van der Waals surface area contributed by atoms with Gasteiger partial charge in [0.05, 0.1) is 17.0 Å². The third-order valence-corrected chi connectivity index (χ3v) is 3.50. The van der Waals surface area contributed by atoms with Gasteiger partial charge in [-0.25, -0.2) is 12.8 Å². The lowest BCUT2D eigenvalue weighted by Gasteiger charge is -2.04. The number of aromatic nitrogens is 2. The molecule has 0 saturated heterocycles. The molecule has 0 atom stereocenters. The molecule has 0 aliphatic rings. The lowest BCUT2D eigenvalue weighted by Crippen LogP contribution is -2.03. The molecular weight excluding hydrogens is 269 g/mol. The minimum atomic E-state index is -3.28. The number of hydrogen-bond donors (Lipinski definition) is 1. The summed E-state index contributed by atoms with van der Waals surface area (Å²) in [4.78, 5) is 0. The summed E-state index contributed by atoms with van der Waals surface area (Å²) in [6, 6.07) is 6.07. The molecule has 0 unspecified atom stereocenters. The predicted molar refractivity (Wildman–Crippen MR) is 71.6 cm³/mol. The number of nitrogens with two attached hydrogens (primary N) is 1. The molecule has 7 heteroatoms. The van der Waals surface area contributed by atoms with Crippen LogP contribution in [0.2, 0.25) is 0 Å². The zero-order chi connectivity index (χ0) is 14.2. The predicted octanol–water partition coefficient (Wildman–Crippen LogP) is 1.35. The molecule has 19 heavy (non-hydrogen) atoms. The SMILES string of the molecule is Cn1nc(CS(C)(=O)=O)c(-c2ccccc2F)c1N. The van der Waals surface area contributed by atoms with E-state index in [0.29, 0.717) is 5.56 Å². The zero-order valence-corrected chi connectivity index (χ0v) is 11.4. The van der Waals surface area contributed by atoms with Gasteiger partial charge in [0, 0.05) is 18.9 Å². The molecule has 0 radical (unpaired) electrons. The van der Waals surface area contributed by atoms with E-state index < -0.39 is 15.7 Å². The van der Waals surface area contributed by atoms with Gasteiger partial charge in [-0.1, -0.05) is 18.2 Å². The fraction of sp³-hybridized carbons (Fsp3) is 0.250. The first-order chi connectivity index (χ1) is 8.79. The first kappa shape index (κ1) is 13.5. The van der Waals surface area contributed by atoms with Crippen LogP contribution in [0.15, 0.2) is 24.3 Å². The van der Waals surface area contributed by atoms with Crippen LogP contribution < -0.4 is 5.73 Å². The number of rotatable bonds is 3. The van der Waals surface area contributed by atoms with E-state index in [1.807, 2.05) is 0 Å². The van der Waals surface area contributed by atoms with E-state index in [2.05, 4.69) is 5.10 Å². The van der Waals surface area contributed by atoms with Crippen molar-refractivity contribution in [2.24, 2.45) is 7.05 Å². The average Bonchev–Trinajstić information content (AvgIpc) is 2.54. The molecule has 1 heterocycles. The molecular formula is C12H14FN3O2S. The smallest absolute Gasteiger partial charge is 0.153 e. The first-order valence-corrected chi connectivity index (χ1v) is 7.59. The Bertz CT molecular complexity index is 723. The summed E-state index contributed by atoms with van der Waals surface area (Å²) in [5.41, 5.74) is 6.71. The highest BCUT2D eigenvalue weighted by Crippen LogP contribution is 2.32. The van der Waals surface area contributed by atoms with Crippen molar-refractivity contribution in [2.75, 3.05) is 12.0 Å². The number of aryl methyl sites for hydroxylation is 1. The molecule has 0 aliphatic heterocycles. The van der Waals surface area contributed by atoms with Crippen LogP contribution in [0.25, 0.3) is 11.1 Å². The van der Waals surface area contributed by atoms with Crippen LogP contribution in [0.5, 0.6) is 0 Å². The molecule has 0 bridgehead atoms. The Kier molecular flexibility index (Phi) is 3.32. The third kappa shape index (κ3) is 2.76. The second-order valence-corrected chi connectivity index (χ2v) is 6.52. The van der Waals surface area contributed by atoms with Gasteiger partial charge in [-0.2, -0.15) is 5.10 Å². The number of sulfone groups is 1. The van der Waals surface area contributed by atoms with Crippen molar-refractivity contribution in [1.29, 1.82) is 0 Å². The molecule has 0 amide bonds. The number of nitrogen functional groups attached to an aromatic ring is 1. The normalized spacial score (nSPS) is 11.7. The number of benzene rings is 1. The largest absolute Gasteiger partial charge is 0.383 e. The number of nitrogens with zero attached hydrogens (tertiary/aromatic N) is 2. The van der Waals surface area contributed by atoms with Gasteiger partial charge in [0.2, 0.25) is 0 Å². The molecule has 1 aromatic heterocycles. The van der Waals surface area contributed by atoms with Crippen LogP contribution in [0.3, 0.4) is 0 Å². The molecule has 1 aromatic carbocycles. The second-order valence-electron chi connectivity index (χ2n) is 4.38. The van der Waals surface area contributed by atoms with E-state index in [-0.39, 0.29) is 22.8 Å². The number of halogens is 1. The van der Waals surface area contributed by atoms with Crippen molar-refractivity contribution in [3.8, 4) is 11.1 Å². The van der Waals surface area contributed by atoms with E-state index in [0.717, 1.165) is 6.26 Å². The highest BCUT2D eigenvalue weighted by molar-refractivity contribution is 7.89. The van der Waals surface area contributed by atoms with Crippen LogP contribution in [-0.2, 0) is 22.6 Å². The maximum atomic E-state index is 13.8. The van der Waals surface area contributed by atoms with Crippen molar-refractivity contribution in [1.82, 2.24) is 9.78 Å². The van der Waals surface area contributed by atoms with Crippen molar-refractivity contribution >= 4 is 15.7 Å². The van der Waals surface area contributed by atoms with Crippen LogP contribution in [0.1, 0.15) is 5.69 Å². The summed E-state index contributed by atoms with van der Waals surface area (Å²) in [5, 5.41) is 4.06. The summed E-state index contributed by atoms with van der Waals surface area (Å²) >= 11 is 0. The zero-order valence-electron chi connectivity index (χ0n) is 10.6. The van der Waals surface area contributed by atoms with Crippen LogP contribution in [-0.4, -0.2) is 24.5 Å². The molecule has 2 aromatic rings. The van der Waals surface area contributed by atoms with Gasteiger partial charge in [0.1, 0.15) is 11.6 Å². The monoisotopic (exact) mass is 283 g/mol. The van der Waals surface area contributed by atoms with Crippen molar-refractivity contribution in [3.63, 3.8) is 0 Å². The first-order valence-electron chi connectivity index (χ1n) is 5.53. The van der Waals surface area contributed by atoms with Gasteiger partial charge < -0.3 is 5.73 Å². The fourth-order valence-electron chi connectivity index (χ4n) is 1.90. The molecule has 5 nitrogen and oxygen atoms in total. The van der Waals surface area contributed by atoms with Crippen molar-refractivity contribution < 1.29 is 12.8 Å². The maximum Gasteiger partial charge on any atom is 0.153 e. The Labute approximate surface area is 110 Å². The molecule has 2 rings (SSSR count). The average molecular weight is 283 g/mol. The van der Waals surface area contributed by atoms with Gasteiger partial charge in [0.15, 0.2) is 9.84 Å². The topological polar surface area (TPSA) is 78.0 Å². The van der Waals surface area contributed by atoms with Crippen molar-refractivity contribution in [2.45, 2.75) is 5.75 Å². The molecule has 102 valence electrons. The molecule has 0 saturated carbocycles. The molecule has 0 spiro atoms. The van der Waals surface area contributed by atoms with Crippen LogP contribution >= 0.6 is 0 Å². The summed E-state index contributed by atoms with van der Waals surface area (Å²) in [7, 11) is -1.69. The van der Waals surface area contributed by atoms with Crippen molar-refractivity contribution in [3.05, 3.63) is 35.8 Å². The number of hydrogen-bond acceptors (Lipinski definition) is 4. The Hall–Kier alpha value is -1.89. The van der Waals surface area contributed by atoms with E-state index in [9.17, 15) is 12.8 Å². The second kappa shape index (κ2) is 4.65. The van der Waals surface area contributed by atoms with E-state index in [1.54, 1.807) is 25.2 Å². The Balaban J connectivity index is 2.66. The van der Waals surface area contributed by atoms with Gasteiger partial charge in [-0.05, 0) is 6.07 Å². The Morgan fingerprint density at radius 2 is 2.00 bits per heavy atom. The fourth-order valence-corrected chi connectivity index (χ4v) is 2.60. The highest BCUT2D eigenvalue weighted by atomic mass is 32.2. The summed E-state index contributed by atoms with van der Waals surface area (Å²) in [5.74, 6) is -0.498. The van der Waals surface area contributed by atoms with Gasteiger partial charge >= 0.3 is 0 Å². The van der Waals surface area contributed by atoms with E-state index in [4.69, 9.17) is 5.73 Å².